The average molecular weight is 345 g/mol. The Balaban J connectivity index is 2.17. The van der Waals surface area contributed by atoms with E-state index in [2.05, 4.69) is 42.7 Å². The van der Waals surface area contributed by atoms with Crippen molar-refractivity contribution in [1.29, 1.82) is 0 Å². The second kappa shape index (κ2) is 5.25. The summed E-state index contributed by atoms with van der Waals surface area (Å²) in [5.74, 6) is 0.864. The summed E-state index contributed by atoms with van der Waals surface area (Å²) in [6, 6.07) is 0. The highest BCUT2D eigenvalue weighted by molar-refractivity contribution is 9.10. The molecule has 0 spiro atoms. The van der Waals surface area contributed by atoms with Gasteiger partial charge in [0, 0.05) is 19.6 Å². The first-order valence-electron chi connectivity index (χ1n) is 6.55. The van der Waals surface area contributed by atoms with Crippen LogP contribution in [0.25, 0.3) is 11.2 Å². The molecule has 3 heterocycles. The van der Waals surface area contributed by atoms with Gasteiger partial charge < -0.3 is 9.47 Å². The van der Waals surface area contributed by atoms with E-state index in [0.717, 1.165) is 41.3 Å². The van der Waals surface area contributed by atoms with Gasteiger partial charge in [0.2, 0.25) is 5.28 Å². The van der Waals surface area contributed by atoms with Crippen LogP contribution < -0.4 is 4.90 Å². The van der Waals surface area contributed by atoms with Gasteiger partial charge in [0.25, 0.3) is 0 Å². The number of imidazole rings is 1. The minimum atomic E-state index is 0.287. The summed E-state index contributed by atoms with van der Waals surface area (Å²) < 4.78 is 2.77. The number of nitrogens with zero attached hydrogens (tertiary/aromatic N) is 5. The molecular formula is C12H15BrClN5. The number of piperidine rings is 1. The van der Waals surface area contributed by atoms with E-state index in [1.165, 1.54) is 19.3 Å². The van der Waals surface area contributed by atoms with E-state index in [9.17, 15) is 0 Å². The molecule has 0 unspecified atom stereocenters. The summed E-state index contributed by atoms with van der Waals surface area (Å²) in [4.78, 5) is 15.5. The predicted octanol–water partition coefficient (Wildman–Crippen LogP) is 3.25. The Morgan fingerprint density at radius 1 is 1.16 bits per heavy atom. The molecule has 1 fully saturated rings. The molecule has 0 aliphatic carbocycles. The lowest BCUT2D eigenvalue weighted by atomic mass is 10.1. The van der Waals surface area contributed by atoms with Crippen LogP contribution >= 0.6 is 27.5 Å². The maximum atomic E-state index is 6.08. The Hall–Kier alpha value is -0.880. The Morgan fingerprint density at radius 3 is 2.58 bits per heavy atom. The molecule has 1 aliphatic heterocycles. The lowest BCUT2D eigenvalue weighted by molar-refractivity contribution is 0.574. The van der Waals surface area contributed by atoms with E-state index < -0.39 is 0 Å². The molecule has 0 atom stereocenters. The molecule has 1 saturated heterocycles. The second-order valence-electron chi connectivity index (χ2n) is 4.66. The third kappa shape index (κ3) is 2.31. The van der Waals surface area contributed by atoms with Gasteiger partial charge in [-0.25, -0.2) is 4.98 Å². The van der Waals surface area contributed by atoms with Gasteiger partial charge in [0.1, 0.15) is 0 Å². The van der Waals surface area contributed by atoms with Crippen LogP contribution in [0.3, 0.4) is 0 Å². The number of halogens is 2. The quantitative estimate of drug-likeness (QED) is 0.620. The van der Waals surface area contributed by atoms with Crippen LogP contribution in [-0.2, 0) is 6.54 Å². The molecule has 2 aromatic heterocycles. The van der Waals surface area contributed by atoms with E-state index in [4.69, 9.17) is 11.6 Å². The van der Waals surface area contributed by atoms with Gasteiger partial charge in [-0.3, -0.25) is 0 Å². The van der Waals surface area contributed by atoms with Crippen LogP contribution in [-0.4, -0.2) is 32.6 Å². The summed E-state index contributed by atoms with van der Waals surface area (Å²) >= 11 is 9.55. The molecular weight excluding hydrogens is 330 g/mol. The fourth-order valence-corrected chi connectivity index (χ4v) is 3.30. The van der Waals surface area contributed by atoms with Crippen LogP contribution in [0.5, 0.6) is 0 Å². The Bertz CT molecular complexity index is 606. The molecule has 5 nitrogen and oxygen atoms in total. The molecule has 1 aliphatic rings. The number of aromatic nitrogens is 4. The van der Waals surface area contributed by atoms with Crippen molar-refractivity contribution in [2.75, 3.05) is 18.0 Å². The summed E-state index contributed by atoms with van der Waals surface area (Å²) in [5, 5.41) is 0.287. The molecule has 0 aromatic carbocycles. The van der Waals surface area contributed by atoms with Gasteiger partial charge >= 0.3 is 0 Å². The fraction of sp³-hybridized carbons (Fsp3) is 0.583. The number of fused-ring (bicyclic) bond motifs is 1. The molecule has 7 heteroatoms. The topological polar surface area (TPSA) is 46.8 Å². The lowest BCUT2D eigenvalue weighted by Gasteiger charge is -2.27. The highest BCUT2D eigenvalue weighted by atomic mass is 79.9. The molecule has 0 saturated carbocycles. The minimum Gasteiger partial charge on any atom is -0.355 e. The molecule has 0 N–H and O–H groups in total. The van der Waals surface area contributed by atoms with Crippen molar-refractivity contribution in [3.63, 3.8) is 0 Å². The zero-order chi connectivity index (χ0) is 13.4. The van der Waals surface area contributed by atoms with Gasteiger partial charge in [0.15, 0.2) is 21.7 Å². The highest BCUT2D eigenvalue weighted by Crippen LogP contribution is 2.29. The average Bonchev–Trinajstić information content (AvgIpc) is 2.74. The zero-order valence-electron chi connectivity index (χ0n) is 10.7. The maximum absolute atomic E-state index is 6.08. The van der Waals surface area contributed by atoms with Gasteiger partial charge in [-0.1, -0.05) is 0 Å². The molecule has 0 bridgehead atoms. The second-order valence-corrected chi connectivity index (χ2v) is 5.71. The SMILES string of the molecule is CCn1c(Br)nc2c(N3CCCCC3)nc(Cl)nc21. The summed E-state index contributed by atoms with van der Waals surface area (Å²) in [5.41, 5.74) is 1.63. The van der Waals surface area contributed by atoms with Crippen LogP contribution in [0.4, 0.5) is 5.82 Å². The van der Waals surface area contributed by atoms with Crippen molar-refractivity contribution in [2.45, 2.75) is 32.7 Å². The molecule has 3 rings (SSSR count). The fourth-order valence-electron chi connectivity index (χ4n) is 2.54. The van der Waals surface area contributed by atoms with Crippen LogP contribution in [0, 0.1) is 0 Å². The predicted molar refractivity (Wildman–Crippen MR) is 79.8 cm³/mol. The normalized spacial score (nSPS) is 16.3. The van der Waals surface area contributed by atoms with E-state index in [0.29, 0.717) is 0 Å². The number of anilines is 1. The van der Waals surface area contributed by atoms with Crippen molar-refractivity contribution in [3.05, 3.63) is 10.0 Å². The molecule has 2 aromatic rings. The molecule has 0 radical (unpaired) electrons. The van der Waals surface area contributed by atoms with Crippen molar-refractivity contribution in [3.8, 4) is 0 Å². The molecule has 0 amide bonds. The lowest BCUT2D eigenvalue weighted by Crippen LogP contribution is -2.30. The largest absolute Gasteiger partial charge is 0.355 e. The van der Waals surface area contributed by atoms with E-state index in [1.54, 1.807) is 0 Å². The standard InChI is InChI=1S/C12H15BrClN5/c1-2-19-10-8(15-11(19)13)9(16-12(14)17-10)18-6-4-3-5-7-18/h2-7H2,1H3. The number of hydrogen-bond acceptors (Lipinski definition) is 4. The van der Waals surface area contributed by atoms with Crippen molar-refractivity contribution >= 4 is 44.5 Å². The van der Waals surface area contributed by atoms with Gasteiger partial charge in [-0.2, -0.15) is 9.97 Å². The number of hydrogen-bond donors (Lipinski definition) is 0. The summed E-state index contributed by atoms with van der Waals surface area (Å²) in [6.07, 6.45) is 3.67. The Morgan fingerprint density at radius 2 is 1.89 bits per heavy atom. The number of aryl methyl sites for hydroxylation is 1. The van der Waals surface area contributed by atoms with E-state index >= 15 is 0 Å². The monoisotopic (exact) mass is 343 g/mol. The molecule has 102 valence electrons. The smallest absolute Gasteiger partial charge is 0.226 e. The molecule has 19 heavy (non-hydrogen) atoms. The van der Waals surface area contributed by atoms with Crippen molar-refractivity contribution in [2.24, 2.45) is 0 Å². The zero-order valence-corrected chi connectivity index (χ0v) is 13.1. The van der Waals surface area contributed by atoms with E-state index in [1.807, 2.05) is 4.57 Å². The third-order valence-corrected chi connectivity index (χ3v) is 4.25. The van der Waals surface area contributed by atoms with Gasteiger partial charge in [-0.15, -0.1) is 0 Å². The highest BCUT2D eigenvalue weighted by Gasteiger charge is 2.21. The van der Waals surface area contributed by atoms with Gasteiger partial charge in [-0.05, 0) is 53.7 Å². The first kappa shape index (κ1) is 13.1. The van der Waals surface area contributed by atoms with Crippen molar-refractivity contribution in [1.82, 2.24) is 19.5 Å². The Kier molecular flexibility index (Phi) is 3.62. The third-order valence-electron chi connectivity index (χ3n) is 3.47. The van der Waals surface area contributed by atoms with Crippen LogP contribution in [0.2, 0.25) is 5.28 Å². The van der Waals surface area contributed by atoms with Crippen LogP contribution in [0.15, 0.2) is 4.73 Å². The minimum absolute atomic E-state index is 0.287. The maximum Gasteiger partial charge on any atom is 0.226 e. The first-order valence-corrected chi connectivity index (χ1v) is 7.72. The summed E-state index contributed by atoms with van der Waals surface area (Å²) in [6.45, 7) is 4.88. The van der Waals surface area contributed by atoms with E-state index in [-0.39, 0.29) is 5.28 Å². The first-order chi connectivity index (χ1) is 9.20. The number of rotatable bonds is 2. The summed E-state index contributed by atoms with van der Waals surface area (Å²) in [7, 11) is 0. The van der Waals surface area contributed by atoms with Gasteiger partial charge in [0.05, 0.1) is 0 Å². The Labute approximate surface area is 125 Å². The van der Waals surface area contributed by atoms with Crippen LogP contribution in [0.1, 0.15) is 26.2 Å². The van der Waals surface area contributed by atoms with Crippen molar-refractivity contribution < 1.29 is 0 Å².